The summed E-state index contributed by atoms with van der Waals surface area (Å²) in [7, 11) is 3.73. The largest absolute Gasteiger partial charge is 0.369 e. The lowest BCUT2D eigenvalue weighted by Crippen LogP contribution is -2.19. The first kappa shape index (κ1) is 14.8. The number of aromatic nitrogens is 4. The van der Waals surface area contributed by atoms with Crippen molar-refractivity contribution in [1.82, 2.24) is 24.4 Å². The molecule has 0 unspecified atom stereocenters. The van der Waals surface area contributed by atoms with Gasteiger partial charge < -0.3 is 9.64 Å². The Bertz CT molecular complexity index is 700. The molecule has 1 saturated heterocycles. The summed E-state index contributed by atoms with van der Waals surface area (Å²) < 4.78 is 21.8. The number of nitrogens with zero attached hydrogens (tertiary/aromatic N) is 6. The molecule has 0 N–H and O–H groups in total. The van der Waals surface area contributed by atoms with Gasteiger partial charge in [0.1, 0.15) is 6.33 Å². The SMILES string of the molecule is C[C@H]1[C@H](F)[C@H](n2cnc3c(N=CN(C)C)ncnc32)O[C@@H]1C. The van der Waals surface area contributed by atoms with E-state index < -0.39 is 12.4 Å². The summed E-state index contributed by atoms with van der Waals surface area (Å²) in [5.41, 5.74) is 1.05. The zero-order valence-corrected chi connectivity index (χ0v) is 13.0. The number of imidazole rings is 1. The van der Waals surface area contributed by atoms with Crippen molar-refractivity contribution >= 4 is 23.3 Å². The number of hydrogen-bond acceptors (Lipinski definition) is 5. The maximum atomic E-state index is 14.4. The van der Waals surface area contributed by atoms with Crippen LogP contribution >= 0.6 is 0 Å². The van der Waals surface area contributed by atoms with Crippen LogP contribution in [-0.2, 0) is 4.74 Å². The number of hydrogen-bond donors (Lipinski definition) is 0. The van der Waals surface area contributed by atoms with E-state index in [0.29, 0.717) is 17.0 Å². The second kappa shape index (κ2) is 5.60. The summed E-state index contributed by atoms with van der Waals surface area (Å²) in [5.74, 6) is 0.280. The lowest BCUT2D eigenvalue weighted by Gasteiger charge is -2.15. The van der Waals surface area contributed by atoms with Crippen molar-refractivity contribution in [3.63, 3.8) is 0 Å². The molecule has 8 heteroatoms. The highest BCUT2D eigenvalue weighted by molar-refractivity contribution is 5.82. The van der Waals surface area contributed by atoms with Gasteiger partial charge in [-0.05, 0) is 6.92 Å². The van der Waals surface area contributed by atoms with Gasteiger partial charge in [0.15, 0.2) is 29.4 Å². The normalized spacial score (nSPS) is 28.8. The molecule has 1 fully saturated rings. The van der Waals surface area contributed by atoms with Gasteiger partial charge in [-0.25, -0.2) is 24.3 Å². The maximum absolute atomic E-state index is 14.4. The topological polar surface area (TPSA) is 68.4 Å². The highest BCUT2D eigenvalue weighted by atomic mass is 19.1. The molecular weight excluding hydrogens is 287 g/mol. The van der Waals surface area contributed by atoms with Crippen LogP contribution < -0.4 is 0 Å². The van der Waals surface area contributed by atoms with Crippen LogP contribution in [0.5, 0.6) is 0 Å². The van der Waals surface area contributed by atoms with E-state index in [-0.39, 0.29) is 12.0 Å². The first-order valence-electron chi connectivity index (χ1n) is 7.16. The summed E-state index contributed by atoms with van der Waals surface area (Å²) >= 11 is 0. The van der Waals surface area contributed by atoms with E-state index in [1.807, 2.05) is 27.9 Å². The summed E-state index contributed by atoms with van der Waals surface area (Å²) in [6.07, 6.45) is 2.61. The van der Waals surface area contributed by atoms with Crippen LogP contribution in [0.3, 0.4) is 0 Å². The lowest BCUT2D eigenvalue weighted by molar-refractivity contribution is -0.0102. The van der Waals surface area contributed by atoms with E-state index >= 15 is 0 Å². The lowest BCUT2D eigenvalue weighted by atomic mass is 10.0. The van der Waals surface area contributed by atoms with Gasteiger partial charge in [0.05, 0.1) is 18.8 Å². The molecule has 0 radical (unpaired) electrons. The predicted molar refractivity (Wildman–Crippen MR) is 80.8 cm³/mol. The molecule has 3 heterocycles. The van der Waals surface area contributed by atoms with E-state index in [2.05, 4.69) is 19.9 Å². The fourth-order valence-electron chi connectivity index (χ4n) is 2.45. The first-order chi connectivity index (χ1) is 10.5. The fraction of sp³-hybridized carbons (Fsp3) is 0.571. The summed E-state index contributed by atoms with van der Waals surface area (Å²) in [6.45, 7) is 3.72. The Morgan fingerprint density at radius 3 is 2.73 bits per heavy atom. The minimum absolute atomic E-state index is 0.148. The van der Waals surface area contributed by atoms with Crippen molar-refractivity contribution in [2.24, 2.45) is 10.9 Å². The Balaban J connectivity index is 2.01. The zero-order chi connectivity index (χ0) is 15.9. The maximum Gasteiger partial charge on any atom is 0.184 e. The van der Waals surface area contributed by atoms with Gasteiger partial charge in [0, 0.05) is 20.0 Å². The van der Waals surface area contributed by atoms with E-state index in [0.717, 1.165) is 0 Å². The smallest absolute Gasteiger partial charge is 0.184 e. The Morgan fingerprint density at radius 1 is 1.32 bits per heavy atom. The third kappa shape index (κ3) is 2.43. The molecule has 2 aromatic heterocycles. The Morgan fingerprint density at radius 2 is 2.09 bits per heavy atom. The monoisotopic (exact) mass is 306 g/mol. The van der Waals surface area contributed by atoms with Crippen LogP contribution in [0.15, 0.2) is 17.6 Å². The Hall–Kier alpha value is -2.09. The van der Waals surface area contributed by atoms with E-state index in [9.17, 15) is 4.39 Å². The number of fused-ring (bicyclic) bond motifs is 1. The van der Waals surface area contributed by atoms with Crippen molar-refractivity contribution in [1.29, 1.82) is 0 Å². The van der Waals surface area contributed by atoms with Crippen LogP contribution in [0.1, 0.15) is 20.1 Å². The number of rotatable bonds is 3. The average Bonchev–Trinajstić information content (AvgIpc) is 3.02. The second-order valence-corrected chi connectivity index (χ2v) is 5.76. The van der Waals surface area contributed by atoms with Crippen molar-refractivity contribution in [3.05, 3.63) is 12.7 Å². The molecule has 0 aliphatic carbocycles. The first-order valence-corrected chi connectivity index (χ1v) is 7.16. The third-order valence-electron chi connectivity index (χ3n) is 3.89. The van der Waals surface area contributed by atoms with Crippen molar-refractivity contribution in [3.8, 4) is 0 Å². The number of halogens is 1. The summed E-state index contributed by atoms with van der Waals surface area (Å²) in [4.78, 5) is 18.7. The summed E-state index contributed by atoms with van der Waals surface area (Å²) in [5, 5.41) is 0. The molecule has 0 bridgehead atoms. The van der Waals surface area contributed by atoms with Crippen LogP contribution in [0.25, 0.3) is 11.2 Å². The molecule has 4 atom stereocenters. The number of ether oxygens (including phenoxy) is 1. The number of aliphatic imine (C=N–C) groups is 1. The second-order valence-electron chi connectivity index (χ2n) is 5.76. The minimum Gasteiger partial charge on any atom is -0.369 e. The van der Waals surface area contributed by atoms with Crippen molar-refractivity contribution < 1.29 is 9.13 Å². The Labute approximate surface area is 127 Å². The standard InChI is InChI=1S/C14H19FN6O/c1-8-9(2)22-14(10(8)15)21-7-18-11-12(19-6-20(3)4)16-5-17-13(11)21/h5-10,14H,1-4H3/t8-,9-,10+,14-/m1/s1. The van der Waals surface area contributed by atoms with E-state index in [4.69, 9.17) is 4.74 Å². The molecule has 1 aliphatic rings. The number of alkyl halides is 1. The highest BCUT2D eigenvalue weighted by Crippen LogP contribution is 2.37. The molecule has 1 aliphatic heterocycles. The predicted octanol–water partition coefficient (Wildman–Crippen LogP) is 1.94. The van der Waals surface area contributed by atoms with Gasteiger partial charge in [0.2, 0.25) is 0 Å². The molecule has 0 amide bonds. The van der Waals surface area contributed by atoms with Gasteiger partial charge in [0.25, 0.3) is 0 Å². The molecule has 0 spiro atoms. The zero-order valence-electron chi connectivity index (χ0n) is 13.0. The summed E-state index contributed by atoms with van der Waals surface area (Å²) in [6, 6.07) is 0. The molecule has 118 valence electrons. The molecule has 22 heavy (non-hydrogen) atoms. The minimum atomic E-state index is -1.10. The van der Waals surface area contributed by atoms with Crippen LogP contribution in [-0.4, -0.2) is 57.1 Å². The highest BCUT2D eigenvalue weighted by Gasteiger charge is 2.41. The average molecular weight is 306 g/mol. The van der Waals surface area contributed by atoms with Gasteiger partial charge in [-0.1, -0.05) is 6.92 Å². The van der Waals surface area contributed by atoms with Crippen LogP contribution in [0.2, 0.25) is 0 Å². The molecule has 0 saturated carbocycles. The molecule has 0 aromatic carbocycles. The molecule has 3 rings (SSSR count). The van der Waals surface area contributed by atoms with Crippen molar-refractivity contribution in [2.75, 3.05) is 14.1 Å². The van der Waals surface area contributed by atoms with Gasteiger partial charge in [-0.3, -0.25) is 4.57 Å². The van der Waals surface area contributed by atoms with Crippen LogP contribution in [0.4, 0.5) is 10.2 Å². The fourth-order valence-corrected chi connectivity index (χ4v) is 2.45. The third-order valence-corrected chi connectivity index (χ3v) is 3.89. The quantitative estimate of drug-likeness (QED) is 0.640. The van der Waals surface area contributed by atoms with Gasteiger partial charge in [-0.2, -0.15) is 0 Å². The van der Waals surface area contributed by atoms with Gasteiger partial charge in [-0.15, -0.1) is 0 Å². The van der Waals surface area contributed by atoms with Gasteiger partial charge >= 0.3 is 0 Å². The van der Waals surface area contributed by atoms with E-state index in [1.54, 1.807) is 15.8 Å². The Kier molecular flexibility index (Phi) is 3.78. The van der Waals surface area contributed by atoms with E-state index in [1.165, 1.54) is 12.7 Å². The van der Waals surface area contributed by atoms with Crippen LogP contribution in [0, 0.1) is 5.92 Å². The molecule has 7 nitrogen and oxygen atoms in total. The molecular formula is C14H19FN6O. The van der Waals surface area contributed by atoms with Crippen molar-refractivity contribution in [2.45, 2.75) is 32.4 Å². The molecule has 2 aromatic rings.